The summed E-state index contributed by atoms with van der Waals surface area (Å²) in [4.78, 5) is 25.0. The Balaban J connectivity index is 2.56. The number of carbonyl (C=O) groups excluding carboxylic acids is 2. The minimum Gasteiger partial charge on any atom is -0.444 e. The van der Waals surface area contributed by atoms with E-state index in [4.69, 9.17) is 10.5 Å². The van der Waals surface area contributed by atoms with Crippen molar-refractivity contribution in [1.82, 2.24) is 10.2 Å². The van der Waals surface area contributed by atoms with Gasteiger partial charge < -0.3 is 20.7 Å². The van der Waals surface area contributed by atoms with Crippen molar-refractivity contribution in [2.75, 3.05) is 20.1 Å². The number of nitrogens with one attached hydrogen (secondary N) is 1. The Labute approximate surface area is 121 Å². The lowest BCUT2D eigenvalue weighted by atomic mass is 9.86. The van der Waals surface area contributed by atoms with Crippen molar-refractivity contribution < 1.29 is 14.3 Å². The lowest BCUT2D eigenvalue weighted by Crippen LogP contribution is -2.56. The van der Waals surface area contributed by atoms with Gasteiger partial charge in [-0.15, -0.1) is 0 Å². The molecule has 0 radical (unpaired) electrons. The normalized spacial score (nSPS) is 23.4. The van der Waals surface area contributed by atoms with Crippen LogP contribution < -0.4 is 11.1 Å². The molecule has 6 heteroatoms. The van der Waals surface area contributed by atoms with Gasteiger partial charge in [0, 0.05) is 32.1 Å². The number of piperidine rings is 1. The third-order valence-corrected chi connectivity index (χ3v) is 3.39. The predicted octanol–water partition coefficient (Wildman–Crippen LogP) is 1.24. The third-order valence-electron chi connectivity index (χ3n) is 3.39. The van der Waals surface area contributed by atoms with Crippen LogP contribution in [0.3, 0.4) is 0 Å². The molecule has 1 aliphatic heterocycles. The molecule has 1 unspecified atom stereocenters. The summed E-state index contributed by atoms with van der Waals surface area (Å²) in [5.41, 5.74) is 5.32. The van der Waals surface area contributed by atoms with Gasteiger partial charge in [-0.1, -0.05) is 0 Å². The molecule has 0 bridgehead atoms. The Morgan fingerprint density at radius 1 is 1.40 bits per heavy atom. The first kappa shape index (κ1) is 16.8. The van der Waals surface area contributed by atoms with Crippen LogP contribution in [0.4, 0.5) is 4.79 Å². The maximum absolute atomic E-state index is 12.1. The van der Waals surface area contributed by atoms with Crippen molar-refractivity contribution in [3.8, 4) is 0 Å². The van der Waals surface area contributed by atoms with Crippen molar-refractivity contribution in [1.29, 1.82) is 0 Å². The van der Waals surface area contributed by atoms with Gasteiger partial charge in [0.2, 0.25) is 5.91 Å². The van der Waals surface area contributed by atoms with Crippen LogP contribution in [0, 0.1) is 0 Å². The Hall–Kier alpha value is -1.30. The third kappa shape index (κ3) is 5.36. The molecule has 6 nitrogen and oxygen atoms in total. The van der Waals surface area contributed by atoms with Crippen LogP contribution in [0.15, 0.2) is 0 Å². The molecule has 0 aromatic rings. The van der Waals surface area contributed by atoms with Gasteiger partial charge in [0.15, 0.2) is 0 Å². The van der Waals surface area contributed by atoms with Crippen LogP contribution in [0.1, 0.15) is 46.5 Å². The minimum absolute atomic E-state index is 0.0239. The van der Waals surface area contributed by atoms with Crippen LogP contribution in [0.2, 0.25) is 0 Å². The first-order valence-electron chi connectivity index (χ1n) is 7.13. The fourth-order valence-corrected chi connectivity index (χ4v) is 2.33. The summed E-state index contributed by atoms with van der Waals surface area (Å²) in [7, 11) is 1.61. The van der Waals surface area contributed by atoms with E-state index < -0.39 is 11.1 Å². The largest absolute Gasteiger partial charge is 0.444 e. The number of rotatable bonds is 3. The molecule has 1 atom stereocenters. The molecular weight excluding hydrogens is 258 g/mol. The molecule has 1 aliphatic rings. The summed E-state index contributed by atoms with van der Waals surface area (Å²) < 4.78 is 5.37. The molecular formula is C14H27N3O3. The highest BCUT2D eigenvalue weighted by molar-refractivity contribution is 5.75. The number of nitrogens with two attached hydrogens (primary N) is 1. The molecule has 3 N–H and O–H groups in total. The van der Waals surface area contributed by atoms with E-state index in [1.54, 1.807) is 11.9 Å². The van der Waals surface area contributed by atoms with Gasteiger partial charge in [0.1, 0.15) is 5.60 Å². The van der Waals surface area contributed by atoms with Crippen LogP contribution in [0.5, 0.6) is 0 Å². The Morgan fingerprint density at radius 3 is 2.60 bits per heavy atom. The van der Waals surface area contributed by atoms with Crippen LogP contribution in [-0.2, 0) is 9.53 Å². The SMILES string of the molecule is CNC(=O)CCC1(N)CCCN(C(=O)OC(C)(C)C)C1. The molecule has 20 heavy (non-hydrogen) atoms. The van der Waals surface area contributed by atoms with Gasteiger partial charge in [-0.3, -0.25) is 4.79 Å². The van der Waals surface area contributed by atoms with Crippen LogP contribution >= 0.6 is 0 Å². The quantitative estimate of drug-likeness (QED) is 0.817. The lowest BCUT2D eigenvalue weighted by molar-refractivity contribution is -0.121. The van der Waals surface area contributed by atoms with E-state index in [1.807, 2.05) is 20.8 Å². The summed E-state index contributed by atoms with van der Waals surface area (Å²) in [6.45, 7) is 6.63. The highest BCUT2D eigenvalue weighted by Crippen LogP contribution is 2.24. The molecule has 116 valence electrons. The highest BCUT2D eigenvalue weighted by atomic mass is 16.6. The Morgan fingerprint density at radius 2 is 2.05 bits per heavy atom. The van der Waals surface area contributed by atoms with E-state index in [1.165, 1.54) is 0 Å². The fourth-order valence-electron chi connectivity index (χ4n) is 2.33. The van der Waals surface area contributed by atoms with E-state index in [-0.39, 0.29) is 12.0 Å². The topological polar surface area (TPSA) is 84.7 Å². The van der Waals surface area contributed by atoms with E-state index >= 15 is 0 Å². The average molecular weight is 285 g/mol. The van der Waals surface area contributed by atoms with E-state index in [0.717, 1.165) is 12.8 Å². The second kappa shape index (κ2) is 6.43. The molecule has 1 heterocycles. The first-order chi connectivity index (χ1) is 9.15. The number of hydrogen-bond donors (Lipinski definition) is 2. The van der Waals surface area contributed by atoms with E-state index in [2.05, 4.69) is 5.32 Å². The summed E-state index contributed by atoms with van der Waals surface area (Å²) in [5, 5.41) is 2.59. The monoisotopic (exact) mass is 285 g/mol. The Bertz CT molecular complexity index is 365. The van der Waals surface area contributed by atoms with E-state index in [9.17, 15) is 9.59 Å². The minimum atomic E-state index is -0.506. The molecule has 0 aliphatic carbocycles. The average Bonchev–Trinajstić information content (AvgIpc) is 2.34. The van der Waals surface area contributed by atoms with Gasteiger partial charge >= 0.3 is 6.09 Å². The molecule has 1 rings (SSSR count). The number of nitrogens with zero attached hydrogens (tertiary/aromatic N) is 1. The van der Waals surface area contributed by atoms with Gasteiger partial charge in [-0.2, -0.15) is 0 Å². The fraction of sp³-hybridized carbons (Fsp3) is 0.857. The first-order valence-corrected chi connectivity index (χ1v) is 7.13. The zero-order chi connectivity index (χ0) is 15.4. The molecule has 0 aromatic heterocycles. The second-order valence-electron chi connectivity index (χ2n) is 6.54. The van der Waals surface area contributed by atoms with Crippen molar-refractivity contribution in [3.63, 3.8) is 0 Å². The second-order valence-corrected chi connectivity index (χ2v) is 6.54. The van der Waals surface area contributed by atoms with Crippen molar-refractivity contribution in [2.45, 2.75) is 57.6 Å². The number of ether oxygens (including phenoxy) is 1. The van der Waals surface area contributed by atoms with Crippen molar-refractivity contribution in [2.24, 2.45) is 5.73 Å². The zero-order valence-corrected chi connectivity index (χ0v) is 13.0. The molecule has 1 fully saturated rings. The maximum atomic E-state index is 12.1. The smallest absolute Gasteiger partial charge is 0.410 e. The van der Waals surface area contributed by atoms with Crippen LogP contribution in [0.25, 0.3) is 0 Å². The Kier molecular flexibility index (Phi) is 5.39. The predicted molar refractivity (Wildman–Crippen MR) is 77.3 cm³/mol. The molecule has 0 saturated carbocycles. The van der Waals surface area contributed by atoms with Gasteiger partial charge in [0.25, 0.3) is 0 Å². The lowest BCUT2D eigenvalue weighted by Gasteiger charge is -2.40. The molecule has 1 saturated heterocycles. The van der Waals surface area contributed by atoms with E-state index in [0.29, 0.717) is 25.9 Å². The highest BCUT2D eigenvalue weighted by Gasteiger charge is 2.35. The van der Waals surface area contributed by atoms with Gasteiger partial charge in [0.05, 0.1) is 0 Å². The summed E-state index contributed by atoms with van der Waals surface area (Å²) in [6.07, 6.45) is 2.29. The molecule has 0 spiro atoms. The standard InChI is InChI=1S/C14H27N3O3/c1-13(2,3)20-12(19)17-9-5-7-14(15,10-17)8-6-11(18)16-4/h5-10,15H2,1-4H3,(H,16,18). The van der Waals surface area contributed by atoms with Crippen molar-refractivity contribution in [3.05, 3.63) is 0 Å². The van der Waals surface area contributed by atoms with Crippen molar-refractivity contribution >= 4 is 12.0 Å². The van der Waals surface area contributed by atoms with Gasteiger partial charge in [-0.25, -0.2) is 4.79 Å². The summed E-state index contributed by atoms with van der Waals surface area (Å²) in [5.74, 6) is -0.0239. The van der Waals surface area contributed by atoms with Gasteiger partial charge in [-0.05, 0) is 40.0 Å². The molecule has 2 amide bonds. The number of hydrogen-bond acceptors (Lipinski definition) is 4. The number of carbonyl (C=O) groups is 2. The maximum Gasteiger partial charge on any atom is 0.410 e. The molecule has 0 aromatic carbocycles. The van der Waals surface area contributed by atoms with Crippen LogP contribution in [-0.4, -0.2) is 48.2 Å². The number of amides is 2. The summed E-state index contributed by atoms with van der Waals surface area (Å²) in [6, 6.07) is 0. The summed E-state index contributed by atoms with van der Waals surface area (Å²) >= 11 is 0. The zero-order valence-electron chi connectivity index (χ0n) is 13.0. The number of likely N-dealkylation sites (tertiary alicyclic amines) is 1.